The zero-order valence-corrected chi connectivity index (χ0v) is 18.2. The quantitative estimate of drug-likeness (QED) is 0.651. The van der Waals surface area contributed by atoms with Gasteiger partial charge >= 0.3 is 5.69 Å². The van der Waals surface area contributed by atoms with Crippen LogP contribution in [0, 0.1) is 0 Å². The predicted octanol–water partition coefficient (Wildman–Crippen LogP) is 3.05. The zero-order chi connectivity index (χ0) is 21.5. The minimum absolute atomic E-state index is 0.329. The number of hydrogen-bond acceptors (Lipinski definition) is 5. The molecular weight excluding hydrogens is 437 g/mol. The van der Waals surface area contributed by atoms with E-state index in [9.17, 15) is 9.59 Å². The molecule has 2 aliphatic rings. The fourth-order valence-electron chi connectivity index (χ4n) is 4.36. The molecule has 0 aliphatic carbocycles. The fraction of sp³-hybridized carbons (Fsp3) is 0.273. The molecule has 0 saturated heterocycles. The van der Waals surface area contributed by atoms with Gasteiger partial charge in [-0.25, -0.2) is 4.79 Å². The van der Waals surface area contributed by atoms with E-state index in [0.29, 0.717) is 61.1 Å². The third-order valence-electron chi connectivity index (χ3n) is 5.73. The first-order chi connectivity index (χ1) is 15.0. The van der Waals surface area contributed by atoms with Crippen molar-refractivity contribution in [3.05, 3.63) is 96.1 Å². The number of hydrogen-bond donors (Lipinski definition) is 1. The topological polar surface area (TPSA) is 64.6 Å². The molecule has 1 N–H and O–H groups in total. The van der Waals surface area contributed by atoms with Crippen LogP contribution in [0.5, 0.6) is 0 Å². The number of rotatable bonds is 4. The van der Waals surface area contributed by atoms with Gasteiger partial charge in [0.25, 0.3) is 5.56 Å². The molecule has 0 radical (unpaired) electrons. The summed E-state index contributed by atoms with van der Waals surface area (Å²) >= 11 is 12.7. The number of H-pyrrole nitrogens is 1. The van der Waals surface area contributed by atoms with Crippen LogP contribution in [0.15, 0.2) is 58.1 Å². The molecule has 5 rings (SSSR count). The van der Waals surface area contributed by atoms with Crippen LogP contribution >= 0.6 is 23.2 Å². The Kier molecular flexibility index (Phi) is 5.35. The lowest BCUT2D eigenvalue weighted by molar-refractivity contribution is 0.145. The van der Waals surface area contributed by atoms with E-state index in [2.05, 4.69) is 19.7 Å². The first-order valence-electron chi connectivity index (χ1n) is 10.0. The number of halogens is 2. The van der Waals surface area contributed by atoms with Crippen molar-refractivity contribution < 1.29 is 0 Å². The Morgan fingerprint density at radius 3 is 2.03 bits per heavy atom. The van der Waals surface area contributed by atoms with Crippen molar-refractivity contribution in [1.29, 1.82) is 0 Å². The van der Waals surface area contributed by atoms with Gasteiger partial charge in [-0.1, -0.05) is 59.6 Å². The summed E-state index contributed by atoms with van der Waals surface area (Å²) in [6, 6.07) is 15.4. The van der Waals surface area contributed by atoms with E-state index in [0.717, 1.165) is 11.1 Å². The average Bonchev–Trinajstić information content (AvgIpc) is 2.75. The molecule has 0 unspecified atom stereocenters. The van der Waals surface area contributed by atoms with Gasteiger partial charge in [-0.2, -0.15) is 0 Å². The van der Waals surface area contributed by atoms with Gasteiger partial charge in [0.1, 0.15) is 5.82 Å². The Balaban J connectivity index is 1.48. The maximum absolute atomic E-state index is 12.6. The molecular formula is C22H21Cl2N5O2. The van der Waals surface area contributed by atoms with Crippen LogP contribution in [0.25, 0.3) is 0 Å². The summed E-state index contributed by atoms with van der Waals surface area (Å²) in [5, 5.41) is 1.40. The second-order valence-corrected chi connectivity index (χ2v) is 8.77. The molecule has 0 saturated carbocycles. The molecule has 31 heavy (non-hydrogen) atoms. The number of aromatic nitrogens is 2. The Labute approximate surface area is 189 Å². The van der Waals surface area contributed by atoms with Gasteiger partial charge in [-0.15, -0.1) is 0 Å². The van der Waals surface area contributed by atoms with Gasteiger partial charge in [0.05, 0.1) is 25.6 Å². The van der Waals surface area contributed by atoms with E-state index < -0.39 is 5.69 Å². The molecule has 0 spiro atoms. The van der Waals surface area contributed by atoms with Crippen molar-refractivity contribution in [3.8, 4) is 0 Å². The van der Waals surface area contributed by atoms with Gasteiger partial charge < -0.3 is 4.90 Å². The predicted molar refractivity (Wildman–Crippen MR) is 121 cm³/mol. The smallest absolute Gasteiger partial charge is 0.331 e. The van der Waals surface area contributed by atoms with Crippen LogP contribution in [0.3, 0.4) is 0 Å². The van der Waals surface area contributed by atoms with Gasteiger partial charge in [-0.05, 0) is 23.3 Å². The summed E-state index contributed by atoms with van der Waals surface area (Å²) in [6.07, 6.45) is 0. The van der Waals surface area contributed by atoms with Gasteiger partial charge in [0.2, 0.25) is 0 Å². The summed E-state index contributed by atoms with van der Waals surface area (Å²) in [4.78, 5) is 34.1. The SMILES string of the molecule is O=c1[nH]c(=O)n2c3c1CN(Cc1ccccc1Cl)CN3CN(Cc1ccccc1Cl)C2. The number of benzene rings is 2. The van der Waals surface area contributed by atoms with Crippen LogP contribution in [0.4, 0.5) is 5.82 Å². The average molecular weight is 458 g/mol. The molecule has 2 aromatic carbocycles. The summed E-state index contributed by atoms with van der Waals surface area (Å²) in [5.74, 6) is 0.708. The van der Waals surface area contributed by atoms with Crippen molar-refractivity contribution in [1.82, 2.24) is 19.4 Å². The van der Waals surface area contributed by atoms with Gasteiger partial charge in [0.15, 0.2) is 0 Å². The number of anilines is 1. The highest BCUT2D eigenvalue weighted by Gasteiger charge is 2.33. The van der Waals surface area contributed by atoms with Crippen molar-refractivity contribution >= 4 is 29.0 Å². The monoisotopic (exact) mass is 457 g/mol. The molecule has 0 atom stereocenters. The van der Waals surface area contributed by atoms with Crippen LogP contribution < -0.4 is 16.1 Å². The lowest BCUT2D eigenvalue weighted by Gasteiger charge is -2.45. The number of nitrogens with zero attached hydrogens (tertiary/aromatic N) is 4. The van der Waals surface area contributed by atoms with E-state index in [4.69, 9.17) is 23.2 Å². The Morgan fingerprint density at radius 1 is 0.806 bits per heavy atom. The van der Waals surface area contributed by atoms with Crippen LogP contribution in [-0.4, -0.2) is 32.7 Å². The van der Waals surface area contributed by atoms with E-state index in [1.807, 2.05) is 48.5 Å². The van der Waals surface area contributed by atoms with Gasteiger partial charge in [-0.3, -0.25) is 24.1 Å². The van der Waals surface area contributed by atoms with E-state index in [-0.39, 0.29) is 5.56 Å². The molecule has 0 fully saturated rings. The Morgan fingerprint density at radius 2 is 1.39 bits per heavy atom. The van der Waals surface area contributed by atoms with Crippen molar-refractivity contribution in [2.24, 2.45) is 0 Å². The lowest BCUT2D eigenvalue weighted by Crippen LogP contribution is -2.56. The molecule has 0 bridgehead atoms. The minimum atomic E-state index is -0.392. The summed E-state index contributed by atoms with van der Waals surface area (Å²) < 4.78 is 1.64. The number of aromatic amines is 1. The molecule has 1 aromatic heterocycles. The maximum atomic E-state index is 12.6. The molecule has 3 heterocycles. The number of nitrogens with one attached hydrogen (secondary N) is 1. The van der Waals surface area contributed by atoms with E-state index in [1.54, 1.807) is 4.57 Å². The van der Waals surface area contributed by atoms with E-state index in [1.165, 1.54) is 0 Å². The fourth-order valence-corrected chi connectivity index (χ4v) is 4.75. The summed E-state index contributed by atoms with van der Waals surface area (Å²) in [6.45, 7) is 3.22. The third kappa shape index (κ3) is 3.90. The zero-order valence-electron chi connectivity index (χ0n) is 16.7. The van der Waals surface area contributed by atoms with E-state index >= 15 is 0 Å². The van der Waals surface area contributed by atoms with Crippen LogP contribution in [0.1, 0.15) is 16.7 Å². The molecule has 7 nitrogen and oxygen atoms in total. The summed E-state index contributed by atoms with van der Waals surface area (Å²) in [5.41, 5.74) is 1.88. The van der Waals surface area contributed by atoms with Crippen molar-refractivity contribution in [3.63, 3.8) is 0 Å². The Hall–Kier alpha value is -2.58. The molecule has 0 amide bonds. The summed E-state index contributed by atoms with van der Waals surface area (Å²) in [7, 11) is 0. The molecule has 9 heteroatoms. The second kappa shape index (κ2) is 8.16. The highest BCUT2D eigenvalue weighted by Crippen LogP contribution is 2.30. The first kappa shape index (κ1) is 20.3. The van der Waals surface area contributed by atoms with Gasteiger partial charge in [0, 0.05) is 29.7 Å². The van der Waals surface area contributed by atoms with Crippen molar-refractivity contribution in [2.45, 2.75) is 26.3 Å². The maximum Gasteiger partial charge on any atom is 0.331 e. The normalized spacial score (nSPS) is 16.4. The Bertz CT molecular complexity index is 1160. The molecule has 3 aromatic rings. The standard InChI is InChI=1S/C22H21Cl2N5O2/c23-18-7-3-1-5-15(18)9-26-11-17-20(30)25-22(31)29-14-27(13-28(12-26)21(17)29)10-16-6-2-4-8-19(16)24/h1-8H,9-14H2,(H,25,30,31). The third-order valence-corrected chi connectivity index (χ3v) is 6.47. The first-order valence-corrected chi connectivity index (χ1v) is 10.8. The molecule has 2 aliphatic heterocycles. The molecule has 160 valence electrons. The highest BCUT2D eigenvalue weighted by atomic mass is 35.5. The lowest BCUT2D eigenvalue weighted by atomic mass is 10.1. The second-order valence-electron chi connectivity index (χ2n) is 7.95. The minimum Gasteiger partial charge on any atom is -0.331 e. The van der Waals surface area contributed by atoms with Crippen molar-refractivity contribution in [2.75, 3.05) is 18.2 Å². The van der Waals surface area contributed by atoms with Crippen LogP contribution in [0.2, 0.25) is 10.0 Å². The van der Waals surface area contributed by atoms with Crippen LogP contribution in [-0.2, 0) is 26.3 Å². The highest BCUT2D eigenvalue weighted by molar-refractivity contribution is 6.31. The largest absolute Gasteiger partial charge is 0.331 e.